The first-order valence-electron chi connectivity index (χ1n) is 12.0. The standard InChI is InChI=1S/C29H30ClN3O4/c1-28(2)15-19(16-29(3,4)37-28)33-26(34)18-11-12-25(23(30)14-18)36-24-10-6-8-20(22(24)17-31)21-9-7-13-32-27(21)35-5/h6-14,19H,15-16H2,1-5H3,(H,33,34). The fraction of sp³-hybridized carbons (Fsp3) is 0.345. The second kappa shape index (κ2) is 10.4. The summed E-state index contributed by atoms with van der Waals surface area (Å²) in [7, 11) is 1.53. The Labute approximate surface area is 222 Å². The lowest BCUT2D eigenvalue weighted by atomic mass is 9.85. The molecule has 3 aromatic rings. The van der Waals surface area contributed by atoms with Crippen LogP contribution in [0.4, 0.5) is 0 Å². The van der Waals surface area contributed by atoms with Crippen LogP contribution in [0.2, 0.25) is 5.02 Å². The Bertz CT molecular complexity index is 1350. The number of nitrogens with one attached hydrogen (secondary N) is 1. The van der Waals surface area contributed by atoms with E-state index in [9.17, 15) is 10.1 Å². The first-order chi connectivity index (χ1) is 17.5. The Balaban J connectivity index is 1.55. The maximum atomic E-state index is 13.0. The topological polar surface area (TPSA) is 93.5 Å². The molecular weight excluding hydrogens is 490 g/mol. The van der Waals surface area contributed by atoms with Gasteiger partial charge < -0.3 is 19.5 Å². The fourth-order valence-corrected chi connectivity index (χ4v) is 5.24. The minimum Gasteiger partial charge on any atom is -0.481 e. The maximum absolute atomic E-state index is 13.0. The average molecular weight is 520 g/mol. The van der Waals surface area contributed by atoms with Crippen LogP contribution in [0.25, 0.3) is 11.1 Å². The summed E-state index contributed by atoms with van der Waals surface area (Å²) in [5, 5.41) is 13.3. The number of rotatable bonds is 6. The first kappa shape index (κ1) is 26.5. The molecule has 1 amide bonds. The monoisotopic (exact) mass is 519 g/mol. The van der Waals surface area contributed by atoms with E-state index in [-0.39, 0.29) is 28.2 Å². The number of amides is 1. The zero-order valence-corrected chi connectivity index (χ0v) is 22.3. The molecule has 192 valence electrons. The molecule has 1 saturated heterocycles. The third kappa shape index (κ3) is 6.04. The highest BCUT2D eigenvalue weighted by atomic mass is 35.5. The van der Waals surface area contributed by atoms with Crippen molar-refractivity contribution in [2.45, 2.75) is 57.8 Å². The van der Waals surface area contributed by atoms with Crippen LogP contribution in [0.3, 0.4) is 0 Å². The summed E-state index contributed by atoms with van der Waals surface area (Å²) in [6.07, 6.45) is 3.05. The molecule has 8 heteroatoms. The molecule has 0 bridgehead atoms. The highest BCUT2D eigenvalue weighted by molar-refractivity contribution is 6.32. The van der Waals surface area contributed by atoms with Crippen LogP contribution in [-0.2, 0) is 4.74 Å². The number of nitrogens with zero attached hydrogens (tertiary/aromatic N) is 2. The van der Waals surface area contributed by atoms with E-state index in [0.29, 0.717) is 52.5 Å². The van der Waals surface area contributed by atoms with Gasteiger partial charge in [-0.05, 0) is 76.9 Å². The zero-order chi connectivity index (χ0) is 26.8. The second-order valence-electron chi connectivity index (χ2n) is 10.3. The van der Waals surface area contributed by atoms with Crippen molar-refractivity contribution < 1.29 is 19.0 Å². The van der Waals surface area contributed by atoms with E-state index < -0.39 is 0 Å². The molecule has 1 N–H and O–H groups in total. The van der Waals surface area contributed by atoms with Crippen molar-refractivity contribution >= 4 is 17.5 Å². The quantitative estimate of drug-likeness (QED) is 0.397. The number of hydrogen-bond donors (Lipinski definition) is 1. The first-order valence-corrected chi connectivity index (χ1v) is 12.4. The van der Waals surface area contributed by atoms with Gasteiger partial charge in [-0.2, -0.15) is 5.26 Å². The van der Waals surface area contributed by atoms with Gasteiger partial charge in [0.15, 0.2) is 0 Å². The van der Waals surface area contributed by atoms with Gasteiger partial charge in [-0.25, -0.2) is 4.98 Å². The highest BCUT2D eigenvalue weighted by Crippen LogP contribution is 2.38. The van der Waals surface area contributed by atoms with E-state index in [1.165, 1.54) is 7.11 Å². The number of benzene rings is 2. The number of nitriles is 1. The molecule has 1 fully saturated rings. The summed E-state index contributed by atoms with van der Waals surface area (Å²) in [6.45, 7) is 8.13. The van der Waals surface area contributed by atoms with E-state index in [2.05, 4.69) is 16.4 Å². The molecule has 0 spiro atoms. The lowest BCUT2D eigenvalue weighted by Gasteiger charge is -2.45. The van der Waals surface area contributed by atoms with Crippen molar-refractivity contribution in [2.75, 3.05) is 7.11 Å². The Morgan fingerprint density at radius 3 is 2.43 bits per heavy atom. The number of pyridine rings is 1. The second-order valence-corrected chi connectivity index (χ2v) is 10.7. The van der Waals surface area contributed by atoms with E-state index in [0.717, 1.165) is 0 Å². The molecule has 37 heavy (non-hydrogen) atoms. The SMILES string of the molecule is COc1ncccc1-c1cccc(Oc2ccc(C(=O)NC3CC(C)(C)OC(C)(C)C3)cc2Cl)c1C#N. The molecule has 1 aliphatic heterocycles. The van der Waals surface area contributed by atoms with E-state index in [1.54, 1.807) is 48.7 Å². The average Bonchev–Trinajstić information content (AvgIpc) is 2.83. The fourth-order valence-electron chi connectivity index (χ4n) is 5.02. The van der Waals surface area contributed by atoms with Crippen LogP contribution < -0.4 is 14.8 Å². The molecule has 2 aromatic carbocycles. The zero-order valence-electron chi connectivity index (χ0n) is 21.6. The third-order valence-electron chi connectivity index (χ3n) is 6.17. The molecule has 7 nitrogen and oxygen atoms in total. The molecule has 0 saturated carbocycles. The number of halogens is 1. The summed E-state index contributed by atoms with van der Waals surface area (Å²) in [5.74, 6) is 0.853. The van der Waals surface area contributed by atoms with Crippen molar-refractivity contribution in [3.05, 3.63) is 70.9 Å². The predicted molar refractivity (Wildman–Crippen MR) is 142 cm³/mol. The van der Waals surface area contributed by atoms with Gasteiger partial charge >= 0.3 is 0 Å². The molecule has 4 rings (SSSR count). The van der Waals surface area contributed by atoms with Crippen molar-refractivity contribution in [1.82, 2.24) is 10.3 Å². The van der Waals surface area contributed by atoms with Crippen LogP contribution in [0.5, 0.6) is 17.4 Å². The van der Waals surface area contributed by atoms with Crippen molar-refractivity contribution in [1.29, 1.82) is 5.26 Å². The Hall–Kier alpha value is -3.60. The smallest absolute Gasteiger partial charge is 0.251 e. The molecule has 0 aliphatic carbocycles. The number of carbonyl (C=O) groups is 1. The molecular formula is C29H30ClN3O4. The molecule has 1 aromatic heterocycles. The Morgan fingerprint density at radius 2 is 1.78 bits per heavy atom. The minimum absolute atomic E-state index is 0.0219. The largest absolute Gasteiger partial charge is 0.481 e. The number of hydrogen-bond acceptors (Lipinski definition) is 6. The third-order valence-corrected chi connectivity index (χ3v) is 6.47. The van der Waals surface area contributed by atoms with Crippen LogP contribution in [-0.4, -0.2) is 35.2 Å². The van der Waals surface area contributed by atoms with E-state index in [4.69, 9.17) is 25.8 Å². The molecule has 0 radical (unpaired) electrons. The van der Waals surface area contributed by atoms with Gasteiger partial charge in [0.25, 0.3) is 5.91 Å². The Morgan fingerprint density at radius 1 is 1.08 bits per heavy atom. The van der Waals surface area contributed by atoms with Gasteiger partial charge in [-0.1, -0.05) is 23.7 Å². The number of aromatic nitrogens is 1. The maximum Gasteiger partial charge on any atom is 0.251 e. The van der Waals surface area contributed by atoms with Gasteiger partial charge in [0.2, 0.25) is 5.88 Å². The summed E-state index contributed by atoms with van der Waals surface area (Å²) in [4.78, 5) is 17.2. The lowest BCUT2D eigenvalue weighted by molar-refractivity contribution is -0.162. The number of methoxy groups -OCH3 is 1. The van der Waals surface area contributed by atoms with Crippen LogP contribution in [0.1, 0.15) is 56.5 Å². The normalized spacial score (nSPS) is 16.5. The number of ether oxygens (including phenoxy) is 3. The summed E-state index contributed by atoms with van der Waals surface area (Å²) < 4.78 is 17.5. The van der Waals surface area contributed by atoms with Gasteiger partial charge in [0.1, 0.15) is 23.1 Å². The van der Waals surface area contributed by atoms with Crippen molar-refractivity contribution in [3.8, 4) is 34.6 Å². The molecule has 0 atom stereocenters. The lowest BCUT2D eigenvalue weighted by Crippen LogP contribution is -2.52. The predicted octanol–water partition coefficient (Wildman–Crippen LogP) is 6.54. The van der Waals surface area contributed by atoms with Gasteiger partial charge in [-0.15, -0.1) is 0 Å². The van der Waals surface area contributed by atoms with Crippen LogP contribution in [0, 0.1) is 11.3 Å². The minimum atomic E-state index is -0.331. The van der Waals surface area contributed by atoms with E-state index in [1.807, 2.05) is 33.8 Å². The Kier molecular flexibility index (Phi) is 7.44. The van der Waals surface area contributed by atoms with Crippen LogP contribution >= 0.6 is 11.6 Å². The van der Waals surface area contributed by atoms with Crippen LogP contribution in [0.15, 0.2) is 54.7 Å². The number of carbonyl (C=O) groups excluding carboxylic acids is 1. The summed E-state index contributed by atoms with van der Waals surface area (Å²) in [5.41, 5.74) is 1.37. The van der Waals surface area contributed by atoms with Crippen molar-refractivity contribution in [2.24, 2.45) is 0 Å². The summed E-state index contributed by atoms with van der Waals surface area (Å²) in [6, 6.07) is 15.9. The molecule has 2 heterocycles. The van der Waals surface area contributed by atoms with Gasteiger partial charge in [0.05, 0.1) is 23.3 Å². The summed E-state index contributed by atoms with van der Waals surface area (Å²) >= 11 is 6.52. The van der Waals surface area contributed by atoms with Crippen molar-refractivity contribution in [3.63, 3.8) is 0 Å². The van der Waals surface area contributed by atoms with Gasteiger partial charge in [0, 0.05) is 28.9 Å². The van der Waals surface area contributed by atoms with Gasteiger partial charge in [-0.3, -0.25) is 4.79 Å². The molecule has 1 aliphatic rings. The molecule has 0 unspecified atom stereocenters. The highest BCUT2D eigenvalue weighted by Gasteiger charge is 2.39. The van der Waals surface area contributed by atoms with E-state index >= 15 is 0 Å².